The molecule has 1 fully saturated rings. The van der Waals surface area contributed by atoms with E-state index in [-0.39, 0.29) is 16.8 Å². The number of carbonyl (C=O) groups is 1. The van der Waals surface area contributed by atoms with Gasteiger partial charge < -0.3 is 10.2 Å². The Balaban J connectivity index is 2.13. The van der Waals surface area contributed by atoms with Gasteiger partial charge in [-0.3, -0.25) is 4.79 Å². The maximum Gasteiger partial charge on any atom is 0.251 e. The summed E-state index contributed by atoms with van der Waals surface area (Å²) in [6.45, 7) is 6.34. The number of amides is 1. The van der Waals surface area contributed by atoms with Gasteiger partial charge >= 0.3 is 0 Å². The first-order valence-corrected chi connectivity index (χ1v) is 9.92. The van der Waals surface area contributed by atoms with Gasteiger partial charge in [0.1, 0.15) is 0 Å². The van der Waals surface area contributed by atoms with E-state index in [1.54, 1.807) is 32.0 Å². The van der Waals surface area contributed by atoms with Crippen LogP contribution >= 0.6 is 0 Å². The van der Waals surface area contributed by atoms with Gasteiger partial charge in [-0.1, -0.05) is 19.9 Å². The lowest BCUT2D eigenvalue weighted by Crippen LogP contribution is -2.43. The summed E-state index contributed by atoms with van der Waals surface area (Å²) < 4.78 is 26.6. The van der Waals surface area contributed by atoms with E-state index in [1.807, 2.05) is 0 Å². The molecule has 1 N–H and O–H groups in total. The normalized spacial score (nSPS) is 17.2. The van der Waals surface area contributed by atoms with Crippen LogP contribution in [0, 0.1) is 0 Å². The Morgan fingerprint density at radius 3 is 2.46 bits per heavy atom. The smallest absolute Gasteiger partial charge is 0.251 e. The molecular weight excluding hydrogens is 326 g/mol. The molecule has 0 atom stereocenters. The van der Waals surface area contributed by atoms with Gasteiger partial charge in [-0.25, -0.2) is 8.42 Å². The minimum atomic E-state index is -3.55. The van der Waals surface area contributed by atoms with Crippen LogP contribution < -0.4 is 5.32 Å². The molecule has 1 aromatic rings. The Labute approximate surface area is 144 Å². The average Bonchev–Trinajstić information content (AvgIpc) is 2.58. The summed E-state index contributed by atoms with van der Waals surface area (Å²) in [4.78, 5) is 14.9. The summed E-state index contributed by atoms with van der Waals surface area (Å²) in [6.07, 6.45) is 1.83. The molecule has 0 radical (unpaired) electrons. The quantitative estimate of drug-likeness (QED) is 0.842. The minimum Gasteiger partial charge on any atom is -0.349 e. The molecule has 134 valence electrons. The molecule has 6 nitrogen and oxygen atoms in total. The van der Waals surface area contributed by atoms with Gasteiger partial charge in [0.15, 0.2) is 0 Å². The molecule has 24 heavy (non-hydrogen) atoms. The second kappa shape index (κ2) is 8.09. The Morgan fingerprint density at radius 1 is 1.25 bits per heavy atom. The van der Waals surface area contributed by atoms with Gasteiger partial charge in [-0.05, 0) is 51.2 Å². The van der Waals surface area contributed by atoms with Crippen LogP contribution in [0.15, 0.2) is 29.2 Å². The van der Waals surface area contributed by atoms with Crippen molar-refractivity contribution in [3.63, 3.8) is 0 Å². The molecule has 0 bridgehead atoms. The van der Waals surface area contributed by atoms with Crippen molar-refractivity contribution < 1.29 is 13.2 Å². The molecule has 7 heteroatoms. The fraction of sp³-hybridized carbons (Fsp3) is 0.588. The van der Waals surface area contributed by atoms with Crippen molar-refractivity contribution in [2.45, 2.75) is 37.6 Å². The molecule has 2 rings (SSSR count). The lowest BCUT2D eigenvalue weighted by atomic mass is 10.0. The van der Waals surface area contributed by atoms with Gasteiger partial charge in [0.25, 0.3) is 5.91 Å². The Morgan fingerprint density at radius 2 is 1.88 bits per heavy atom. The summed E-state index contributed by atoms with van der Waals surface area (Å²) in [5.41, 5.74) is 0.391. The average molecular weight is 353 g/mol. The molecule has 1 amide bonds. The zero-order valence-corrected chi connectivity index (χ0v) is 15.5. The number of rotatable bonds is 6. The third-order valence-corrected chi connectivity index (χ3v) is 6.54. The first kappa shape index (κ1) is 18.9. The van der Waals surface area contributed by atoms with Crippen LogP contribution in [0.5, 0.6) is 0 Å². The van der Waals surface area contributed by atoms with Crippen molar-refractivity contribution in [1.29, 1.82) is 0 Å². The highest BCUT2D eigenvalue weighted by Crippen LogP contribution is 2.17. The number of piperidine rings is 1. The van der Waals surface area contributed by atoms with Crippen LogP contribution in [0.3, 0.4) is 0 Å². The van der Waals surface area contributed by atoms with Gasteiger partial charge in [0.05, 0.1) is 4.90 Å². The monoisotopic (exact) mass is 353 g/mol. The van der Waals surface area contributed by atoms with Gasteiger partial charge in [-0.2, -0.15) is 4.31 Å². The number of nitrogens with zero attached hydrogens (tertiary/aromatic N) is 2. The van der Waals surface area contributed by atoms with Crippen LogP contribution in [-0.2, 0) is 10.0 Å². The highest BCUT2D eigenvalue weighted by molar-refractivity contribution is 7.89. The van der Waals surface area contributed by atoms with Crippen molar-refractivity contribution in [3.05, 3.63) is 29.8 Å². The lowest BCUT2D eigenvalue weighted by molar-refractivity contribution is 0.0916. The van der Waals surface area contributed by atoms with Crippen molar-refractivity contribution in [2.75, 3.05) is 33.2 Å². The Hall–Kier alpha value is -1.44. The first-order chi connectivity index (χ1) is 11.4. The summed E-state index contributed by atoms with van der Waals surface area (Å²) in [5.74, 6) is -0.207. The largest absolute Gasteiger partial charge is 0.349 e. The predicted octanol–water partition coefficient (Wildman–Crippen LogP) is 1.54. The molecule has 1 saturated heterocycles. The van der Waals surface area contributed by atoms with E-state index in [9.17, 15) is 13.2 Å². The van der Waals surface area contributed by atoms with E-state index < -0.39 is 10.0 Å². The maximum absolute atomic E-state index is 12.6. The van der Waals surface area contributed by atoms with Gasteiger partial charge in [-0.15, -0.1) is 0 Å². The van der Waals surface area contributed by atoms with E-state index in [2.05, 4.69) is 17.3 Å². The van der Waals surface area contributed by atoms with E-state index >= 15 is 0 Å². The molecule has 0 saturated carbocycles. The molecule has 0 unspecified atom stereocenters. The number of nitrogens with one attached hydrogen (secondary N) is 1. The zero-order valence-electron chi connectivity index (χ0n) is 14.7. The molecule has 1 aromatic carbocycles. The number of carbonyl (C=O) groups excluding carboxylic acids is 1. The number of benzene rings is 1. The van der Waals surface area contributed by atoms with Gasteiger partial charge in [0, 0.05) is 24.7 Å². The molecule has 0 spiro atoms. The first-order valence-electron chi connectivity index (χ1n) is 8.48. The second-order valence-corrected chi connectivity index (χ2v) is 8.11. The van der Waals surface area contributed by atoms with Crippen LogP contribution in [0.2, 0.25) is 0 Å². The summed E-state index contributed by atoms with van der Waals surface area (Å²) >= 11 is 0. The van der Waals surface area contributed by atoms with Crippen molar-refractivity contribution in [2.24, 2.45) is 0 Å². The molecule has 1 aliphatic heterocycles. The molecule has 0 aliphatic carbocycles. The van der Waals surface area contributed by atoms with Crippen LogP contribution in [0.4, 0.5) is 0 Å². The summed E-state index contributed by atoms with van der Waals surface area (Å²) in [5, 5.41) is 3.02. The molecular formula is C17H27N3O3S. The predicted molar refractivity (Wildman–Crippen MR) is 94.5 cm³/mol. The number of hydrogen-bond donors (Lipinski definition) is 1. The SMILES string of the molecule is CCN(CC)S(=O)(=O)c1cccc(C(=O)NC2CCN(C)CC2)c1. The molecule has 1 heterocycles. The van der Waals surface area contributed by atoms with Crippen LogP contribution in [0.1, 0.15) is 37.0 Å². The number of sulfonamides is 1. The molecule has 1 aliphatic rings. The van der Waals surface area contributed by atoms with E-state index in [1.165, 1.54) is 10.4 Å². The second-order valence-electron chi connectivity index (χ2n) is 6.17. The van der Waals surface area contributed by atoms with E-state index in [4.69, 9.17) is 0 Å². The maximum atomic E-state index is 12.6. The van der Waals surface area contributed by atoms with Crippen molar-refractivity contribution in [3.8, 4) is 0 Å². The Bertz CT molecular complexity index is 663. The third kappa shape index (κ3) is 4.34. The summed E-state index contributed by atoms with van der Waals surface area (Å²) in [7, 11) is -1.48. The summed E-state index contributed by atoms with van der Waals surface area (Å²) in [6, 6.07) is 6.44. The standard InChI is InChI=1S/C17H27N3O3S/c1-4-20(5-2)24(22,23)16-8-6-7-14(13-16)17(21)18-15-9-11-19(3)12-10-15/h6-8,13,15H,4-5,9-12H2,1-3H3,(H,18,21). The van der Waals surface area contributed by atoms with Crippen LogP contribution in [0.25, 0.3) is 0 Å². The number of hydrogen-bond acceptors (Lipinski definition) is 4. The zero-order chi connectivity index (χ0) is 17.7. The fourth-order valence-electron chi connectivity index (χ4n) is 2.93. The van der Waals surface area contributed by atoms with Crippen LogP contribution in [-0.4, -0.2) is 62.8 Å². The third-order valence-electron chi connectivity index (χ3n) is 4.49. The fourth-order valence-corrected chi connectivity index (χ4v) is 4.44. The highest BCUT2D eigenvalue weighted by atomic mass is 32.2. The van der Waals surface area contributed by atoms with Crippen molar-refractivity contribution in [1.82, 2.24) is 14.5 Å². The van der Waals surface area contributed by atoms with E-state index in [0.717, 1.165) is 25.9 Å². The lowest BCUT2D eigenvalue weighted by Gasteiger charge is -2.29. The number of likely N-dealkylation sites (tertiary alicyclic amines) is 1. The molecule has 0 aromatic heterocycles. The van der Waals surface area contributed by atoms with E-state index in [0.29, 0.717) is 18.7 Å². The Kier molecular flexibility index (Phi) is 6.37. The topological polar surface area (TPSA) is 69.7 Å². The van der Waals surface area contributed by atoms with Gasteiger partial charge in [0.2, 0.25) is 10.0 Å². The highest BCUT2D eigenvalue weighted by Gasteiger charge is 2.23. The minimum absolute atomic E-state index is 0.150. The van der Waals surface area contributed by atoms with Crippen molar-refractivity contribution >= 4 is 15.9 Å².